The van der Waals surface area contributed by atoms with E-state index in [2.05, 4.69) is 12.1 Å². The first-order valence-corrected chi connectivity index (χ1v) is 8.83. The topological polar surface area (TPSA) is 30.8 Å². The second kappa shape index (κ2) is 9.39. The summed E-state index contributed by atoms with van der Waals surface area (Å²) >= 11 is 0. The molecule has 0 N–H and O–H groups in total. The normalized spacial score (nSPS) is 11.4. The molecular formula is C24H23NO2. The molecule has 0 aliphatic carbocycles. The zero-order valence-electron chi connectivity index (χ0n) is 15.6. The van der Waals surface area contributed by atoms with Crippen LogP contribution in [0.5, 0.6) is 11.5 Å². The Kier molecular flexibility index (Phi) is 6.42. The molecule has 136 valence electrons. The number of rotatable bonds is 7. The molecule has 3 aromatic carbocycles. The van der Waals surface area contributed by atoms with E-state index < -0.39 is 0 Å². The van der Waals surface area contributed by atoms with E-state index in [0.29, 0.717) is 0 Å². The van der Waals surface area contributed by atoms with Gasteiger partial charge in [0.2, 0.25) is 0 Å². The van der Waals surface area contributed by atoms with Crippen LogP contribution in [0, 0.1) is 0 Å². The van der Waals surface area contributed by atoms with Gasteiger partial charge in [0.05, 0.1) is 20.3 Å². The summed E-state index contributed by atoms with van der Waals surface area (Å²) in [5, 5.41) is 0. The fourth-order valence-corrected chi connectivity index (χ4v) is 2.79. The Bertz CT molecular complexity index is 834. The molecule has 0 bridgehead atoms. The van der Waals surface area contributed by atoms with Crippen molar-refractivity contribution >= 4 is 12.3 Å². The van der Waals surface area contributed by atoms with Crippen LogP contribution in [0.25, 0.3) is 6.08 Å². The maximum atomic E-state index is 5.27. The van der Waals surface area contributed by atoms with Gasteiger partial charge in [0.25, 0.3) is 0 Å². The van der Waals surface area contributed by atoms with Gasteiger partial charge in [-0.05, 0) is 47.0 Å². The molecule has 0 radical (unpaired) electrons. The van der Waals surface area contributed by atoms with Crippen molar-refractivity contribution in [1.29, 1.82) is 0 Å². The number of nitrogens with zero attached hydrogens (tertiary/aromatic N) is 1. The lowest BCUT2D eigenvalue weighted by Gasteiger charge is -2.14. The third-order valence-electron chi connectivity index (χ3n) is 4.27. The lowest BCUT2D eigenvalue weighted by Crippen LogP contribution is -1.99. The molecule has 0 heterocycles. The average molecular weight is 357 g/mol. The minimum atomic E-state index is -0.0952. The predicted octanol–water partition coefficient (Wildman–Crippen LogP) is 5.58. The second-order valence-corrected chi connectivity index (χ2v) is 6.02. The fraction of sp³-hybridized carbons (Fsp3) is 0.125. The zero-order chi connectivity index (χ0) is 18.9. The summed E-state index contributed by atoms with van der Waals surface area (Å²) in [5.41, 5.74) is 3.35. The van der Waals surface area contributed by atoms with Crippen molar-refractivity contribution in [3.05, 3.63) is 102 Å². The van der Waals surface area contributed by atoms with Crippen LogP contribution in [0.2, 0.25) is 0 Å². The van der Waals surface area contributed by atoms with Crippen LogP contribution in [0.4, 0.5) is 0 Å². The van der Waals surface area contributed by atoms with E-state index in [-0.39, 0.29) is 6.04 Å². The molecule has 0 aromatic heterocycles. The minimum absolute atomic E-state index is 0.0952. The van der Waals surface area contributed by atoms with E-state index in [1.54, 1.807) is 14.2 Å². The molecule has 0 unspecified atom stereocenters. The Morgan fingerprint density at radius 3 is 1.70 bits per heavy atom. The van der Waals surface area contributed by atoms with Crippen LogP contribution in [-0.4, -0.2) is 20.4 Å². The van der Waals surface area contributed by atoms with Crippen LogP contribution < -0.4 is 9.47 Å². The van der Waals surface area contributed by atoms with E-state index in [0.717, 1.165) is 28.2 Å². The summed E-state index contributed by atoms with van der Waals surface area (Å²) in [4.78, 5) is 4.80. The van der Waals surface area contributed by atoms with Gasteiger partial charge in [-0.25, -0.2) is 0 Å². The first kappa shape index (κ1) is 18.5. The van der Waals surface area contributed by atoms with E-state index >= 15 is 0 Å². The summed E-state index contributed by atoms with van der Waals surface area (Å²) in [6, 6.07) is 26.1. The number of methoxy groups -OCH3 is 2. The Morgan fingerprint density at radius 1 is 0.704 bits per heavy atom. The van der Waals surface area contributed by atoms with Gasteiger partial charge in [-0.2, -0.15) is 0 Å². The zero-order valence-corrected chi connectivity index (χ0v) is 15.6. The molecule has 3 heteroatoms. The van der Waals surface area contributed by atoms with Gasteiger partial charge in [-0.1, -0.05) is 60.7 Å². The number of aliphatic imine (C=N–C) groups is 1. The van der Waals surface area contributed by atoms with Crippen LogP contribution in [0.15, 0.2) is 89.9 Å². The van der Waals surface area contributed by atoms with Crippen molar-refractivity contribution in [2.75, 3.05) is 14.2 Å². The molecule has 3 rings (SSSR count). The van der Waals surface area contributed by atoms with E-state index in [1.165, 1.54) is 0 Å². The molecule has 0 saturated carbocycles. The summed E-state index contributed by atoms with van der Waals surface area (Å²) in [7, 11) is 3.34. The maximum absolute atomic E-state index is 5.27. The van der Waals surface area contributed by atoms with Crippen molar-refractivity contribution < 1.29 is 9.47 Å². The highest BCUT2D eigenvalue weighted by Gasteiger charge is 2.12. The fourth-order valence-electron chi connectivity index (χ4n) is 2.79. The molecule has 0 amide bonds. The van der Waals surface area contributed by atoms with Gasteiger partial charge in [0.15, 0.2) is 0 Å². The van der Waals surface area contributed by atoms with Gasteiger partial charge in [0, 0.05) is 6.21 Å². The molecule has 0 aliphatic rings. The van der Waals surface area contributed by atoms with Gasteiger partial charge >= 0.3 is 0 Å². The molecule has 0 fully saturated rings. The van der Waals surface area contributed by atoms with E-state index in [4.69, 9.17) is 14.5 Å². The Balaban J connectivity index is 1.86. The van der Waals surface area contributed by atoms with Crippen molar-refractivity contribution in [1.82, 2.24) is 0 Å². The predicted molar refractivity (Wildman–Crippen MR) is 112 cm³/mol. The van der Waals surface area contributed by atoms with Gasteiger partial charge in [-0.15, -0.1) is 0 Å². The quantitative estimate of drug-likeness (QED) is 0.517. The monoisotopic (exact) mass is 357 g/mol. The minimum Gasteiger partial charge on any atom is -0.497 e. The van der Waals surface area contributed by atoms with Crippen LogP contribution in [0.1, 0.15) is 22.7 Å². The molecular weight excluding hydrogens is 334 g/mol. The van der Waals surface area contributed by atoms with Crippen LogP contribution in [-0.2, 0) is 0 Å². The van der Waals surface area contributed by atoms with Crippen molar-refractivity contribution in [2.45, 2.75) is 6.04 Å². The highest BCUT2D eigenvalue weighted by Crippen LogP contribution is 2.28. The van der Waals surface area contributed by atoms with Crippen molar-refractivity contribution in [2.24, 2.45) is 4.99 Å². The molecule has 0 spiro atoms. The highest BCUT2D eigenvalue weighted by atomic mass is 16.5. The summed E-state index contributed by atoms with van der Waals surface area (Å²) in [6.07, 6.45) is 5.87. The Hall–Kier alpha value is -3.33. The first-order chi connectivity index (χ1) is 13.3. The number of allylic oxidation sites excluding steroid dienone is 1. The smallest absolute Gasteiger partial charge is 0.118 e. The van der Waals surface area contributed by atoms with Crippen LogP contribution >= 0.6 is 0 Å². The third kappa shape index (κ3) is 5.08. The average Bonchev–Trinajstić information content (AvgIpc) is 2.75. The number of ether oxygens (including phenoxy) is 2. The largest absolute Gasteiger partial charge is 0.497 e. The number of hydrogen-bond acceptors (Lipinski definition) is 3. The van der Waals surface area contributed by atoms with Gasteiger partial charge in [0.1, 0.15) is 11.5 Å². The van der Waals surface area contributed by atoms with E-state index in [1.807, 2.05) is 85.1 Å². The molecule has 0 saturated heterocycles. The van der Waals surface area contributed by atoms with Crippen molar-refractivity contribution in [3.63, 3.8) is 0 Å². The Labute approximate surface area is 160 Å². The maximum Gasteiger partial charge on any atom is 0.118 e. The molecule has 3 nitrogen and oxygen atoms in total. The number of benzene rings is 3. The van der Waals surface area contributed by atoms with Crippen LogP contribution in [0.3, 0.4) is 0 Å². The lowest BCUT2D eigenvalue weighted by atomic mass is 9.99. The van der Waals surface area contributed by atoms with Crippen molar-refractivity contribution in [3.8, 4) is 11.5 Å². The molecule has 0 aliphatic heterocycles. The SMILES string of the molecule is COc1ccc(C(N=C/C=C/c2ccccc2)c2ccc(OC)cc2)cc1. The third-order valence-corrected chi connectivity index (χ3v) is 4.27. The second-order valence-electron chi connectivity index (χ2n) is 6.02. The van der Waals surface area contributed by atoms with E-state index in [9.17, 15) is 0 Å². The highest BCUT2D eigenvalue weighted by molar-refractivity contribution is 5.78. The Morgan fingerprint density at radius 2 is 1.22 bits per heavy atom. The molecule has 3 aromatic rings. The lowest BCUT2D eigenvalue weighted by molar-refractivity contribution is 0.414. The standard InChI is InChI=1S/C24H23NO2/c1-26-22-14-10-20(11-15-22)24(21-12-16-23(27-2)17-13-21)25-18-6-9-19-7-4-3-5-8-19/h3-18,24H,1-2H3/b9-6+,25-18?. The summed E-state index contributed by atoms with van der Waals surface area (Å²) in [6.45, 7) is 0. The summed E-state index contributed by atoms with van der Waals surface area (Å²) in [5.74, 6) is 1.67. The molecule has 0 atom stereocenters. The molecule has 27 heavy (non-hydrogen) atoms. The number of hydrogen-bond donors (Lipinski definition) is 0. The summed E-state index contributed by atoms with van der Waals surface area (Å²) < 4.78 is 10.5. The first-order valence-electron chi connectivity index (χ1n) is 8.83. The van der Waals surface area contributed by atoms with Gasteiger partial charge < -0.3 is 9.47 Å². The van der Waals surface area contributed by atoms with Gasteiger partial charge in [-0.3, -0.25) is 4.99 Å².